The summed E-state index contributed by atoms with van der Waals surface area (Å²) in [5.41, 5.74) is 2.67. The molecule has 0 saturated carbocycles. The highest BCUT2D eigenvalue weighted by molar-refractivity contribution is 5.93. The summed E-state index contributed by atoms with van der Waals surface area (Å²) >= 11 is 0. The number of amides is 1. The Balaban J connectivity index is 1.60. The van der Waals surface area contributed by atoms with Crippen molar-refractivity contribution in [3.05, 3.63) is 53.6 Å². The molecule has 1 fully saturated rings. The molecule has 3 rings (SSSR count). The van der Waals surface area contributed by atoms with Gasteiger partial charge in [0.2, 0.25) is 5.91 Å². The molecule has 1 saturated heterocycles. The molecule has 1 aliphatic heterocycles. The van der Waals surface area contributed by atoms with Crippen LogP contribution in [0.4, 0.5) is 5.69 Å². The second kappa shape index (κ2) is 11.1. The van der Waals surface area contributed by atoms with Crippen LogP contribution < -0.4 is 14.8 Å². The number of piperazine rings is 1. The summed E-state index contributed by atoms with van der Waals surface area (Å²) in [6.45, 7) is -0.609. The molecule has 0 radical (unpaired) electrons. The van der Waals surface area contributed by atoms with Gasteiger partial charge in [-0.1, -0.05) is 30.3 Å². The van der Waals surface area contributed by atoms with Gasteiger partial charge in [-0.25, -0.2) is 0 Å². The van der Waals surface area contributed by atoms with E-state index in [1.54, 1.807) is 0 Å². The Labute approximate surface area is 194 Å². The summed E-state index contributed by atoms with van der Waals surface area (Å²) in [7, 11) is -2.81. The normalized spacial score (nSPS) is 20.7. The standard InChI is InChI=1S/C24H33N3O4/c1-18-7-6-8-19(2)24(18)25-23(29)16-27-13-11-26(12-14-27)15-20(28)17-31-22-10-5-4-9-21(22)30-3/h4-10,20,28H,11-17H2,1-3H3,(H,25,29)/i3D3,15D2,17D2. The van der Waals surface area contributed by atoms with Gasteiger partial charge >= 0.3 is 0 Å². The molecule has 0 aromatic heterocycles. The monoisotopic (exact) mass is 434 g/mol. The van der Waals surface area contributed by atoms with Crippen molar-refractivity contribution in [2.24, 2.45) is 0 Å². The Morgan fingerprint density at radius 2 is 1.74 bits per heavy atom. The van der Waals surface area contributed by atoms with E-state index in [4.69, 9.17) is 19.1 Å². The van der Waals surface area contributed by atoms with Gasteiger partial charge in [0.1, 0.15) is 12.7 Å². The number of aliphatic hydroxyl groups is 1. The number of rotatable bonds is 9. The smallest absolute Gasteiger partial charge is 0.238 e. The zero-order valence-corrected chi connectivity index (χ0v) is 17.7. The van der Waals surface area contributed by atoms with Crippen molar-refractivity contribution in [2.45, 2.75) is 20.0 Å². The maximum absolute atomic E-state index is 12.6. The minimum absolute atomic E-state index is 0.109. The van der Waals surface area contributed by atoms with Crippen LogP contribution in [0.25, 0.3) is 0 Å². The second-order valence-electron chi connectivity index (χ2n) is 7.38. The summed E-state index contributed by atoms with van der Waals surface area (Å²) in [5.74, 6) is -0.748. The molecule has 2 aromatic carbocycles. The molecule has 2 aromatic rings. The first-order chi connectivity index (χ1) is 17.6. The van der Waals surface area contributed by atoms with Crippen LogP contribution in [0.5, 0.6) is 11.5 Å². The van der Waals surface area contributed by atoms with Crippen LogP contribution in [0.15, 0.2) is 42.5 Å². The van der Waals surface area contributed by atoms with E-state index in [-0.39, 0.29) is 37.0 Å². The van der Waals surface area contributed by atoms with E-state index in [1.807, 2.05) is 36.9 Å². The molecule has 0 spiro atoms. The van der Waals surface area contributed by atoms with Crippen LogP contribution in [0.3, 0.4) is 0 Å². The Morgan fingerprint density at radius 3 is 2.42 bits per heavy atom. The fourth-order valence-corrected chi connectivity index (χ4v) is 3.37. The minimum Gasteiger partial charge on any atom is -0.493 e. The maximum atomic E-state index is 12.6. The van der Waals surface area contributed by atoms with Crippen LogP contribution in [-0.4, -0.2) is 79.7 Å². The van der Waals surface area contributed by atoms with Gasteiger partial charge in [0.15, 0.2) is 11.5 Å². The van der Waals surface area contributed by atoms with Gasteiger partial charge in [0, 0.05) is 41.1 Å². The number of aryl methyl sites for hydroxylation is 2. The number of ether oxygens (including phenoxy) is 2. The number of hydrogen-bond acceptors (Lipinski definition) is 6. The first-order valence-electron chi connectivity index (χ1n) is 13.6. The zero-order valence-electron chi connectivity index (χ0n) is 24.7. The number of para-hydroxylation sites is 3. The van der Waals surface area contributed by atoms with Crippen molar-refractivity contribution in [2.75, 3.05) is 58.1 Å². The lowest BCUT2D eigenvalue weighted by Crippen LogP contribution is -2.50. The molecule has 0 bridgehead atoms. The van der Waals surface area contributed by atoms with E-state index >= 15 is 0 Å². The van der Waals surface area contributed by atoms with E-state index in [0.29, 0.717) is 13.1 Å². The predicted molar refractivity (Wildman–Crippen MR) is 122 cm³/mol. The molecule has 1 heterocycles. The minimum atomic E-state index is -2.93. The Hall–Kier alpha value is -2.61. The molecule has 2 N–H and O–H groups in total. The fourth-order valence-electron chi connectivity index (χ4n) is 3.37. The molecular formula is C24H33N3O4. The van der Waals surface area contributed by atoms with Crippen molar-refractivity contribution >= 4 is 11.6 Å². The highest BCUT2D eigenvalue weighted by Crippen LogP contribution is 2.25. The number of methoxy groups -OCH3 is 1. The van der Waals surface area contributed by atoms with Crippen molar-refractivity contribution in [1.29, 1.82) is 0 Å². The van der Waals surface area contributed by atoms with Gasteiger partial charge in [-0.15, -0.1) is 0 Å². The number of nitrogens with zero attached hydrogens (tertiary/aromatic N) is 2. The fraction of sp³-hybridized carbons (Fsp3) is 0.458. The molecule has 168 valence electrons. The number of hydrogen-bond donors (Lipinski definition) is 2. The van der Waals surface area contributed by atoms with E-state index in [1.165, 1.54) is 29.2 Å². The van der Waals surface area contributed by atoms with Crippen LogP contribution in [0.2, 0.25) is 0 Å². The SMILES string of the molecule is [2H]C([2H])([2H])Oc1ccccc1OC([2H])([2H])C(O)C([2H])([2H])N1CCN(CC(=O)Nc2c(C)cccc2C)CC1. The van der Waals surface area contributed by atoms with E-state index < -0.39 is 26.2 Å². The number of carbonyl (C=O) groups is 1. The largest absolute Gasteiger partial charge is 0.493 e. The molecule has 1 atom stereocenters. The summed E-state index contributed by atoms with van der Waals surface area (Å²) < 4.78 is 65.2. The predicted octanol–water partition coefficient (Wildman–Crippen LogP) is 2.31. The topological polar surface area (TPSA) is 74.3 Å². The number of carbonyl (C=O) groups excluding carboxylic acids is 1. The molecule has 7 nitrogen and oxygen atoms in total. The molecule has 7 heteroatoms. The quantitative estimate of drug-likeness (QED) is 0.631. The third kappa shape index (κ3) is 6.69. The zero-order chi connectivity index (χ0) is 28.3. The number of β-amino-alcohol motifs (C(OH)–C–C–N with tert-alkyl or cyclic N) is 1. The number of benzene rings is 2. The molecule has 0 aliphatic carbocycles. The Morgan fingerprint density at radius 1 is 1.10 bits per heavy atom. The van der Waals surface area contributed by atoms with Gasteiger partial charge in [0.25, 0.3) is 0 Å². The average molecular weight is 435 g/mol. The van der Waals surface area contributed by atoms with Crippen molar-refractivity contribution < 1.29 is 29.0 Å². The van der Waals surface area contributed by atoms with Crippen molar-refractivity contribution in [3.63, 3.8) is 0 Å². The molecule has 1 amide bonds. The first-order valence-corrected chi connectivity index (χ1v) is 10.1. The Kier molecular flexibility index (Phi) is 5.47. The molecular weight excluding hydrogens is 394 g/mol. The van der Waals surface area contributed by atoms with Crippen LogP contribution in [-0.2, 0) is 4.79 Å². The van der Waals surface area contributed by atoms with E-state index in [0.717, 1.165) is 16.8 Å². The highest BCUT2D eigenvalue weighted by Gasteiger charge is 2.21. The van der Waals surface area contributed by atoms with Crippen LogP contribution in [0, 0.1) is 13.8 Å². The maximum Gasteiger partial charge on any atom is 0.238 e. The third-order valence-corrected chi connectivity index (χ3v) is 5.03. The van der Waals surface area contributed by atoms with Crippen LogP contribution >= 0.6 is 0 Å². The summed E-state index contributed by atoms with van der Waals surface area (Å²) in [5, 5.41) is 13.7. The van der Waals surface area contributed by atoms with Gasteiger partial charge in [0.05, 0.1) is 20.4 Å². The highest BCUT2D eigenvalue weighted by atomic mass is 16.5. The third-order valence-electron chi connectivity index (χ3n) is 5.03. The number of nitrogens with one attached hydrogen (secondary N) is 1. The second-order valence-corrected chi connectivity index (χ2v) is 7.38. The van der Waals surface area contributed by atoms with E-state index in [9.17, 15) is 9.90 Å². The van der Waals surface area contributed by atoms with Gasteiger partial charge in [-0.2, -0.15) is 0 Å². The van der Waals surface area contributed by atoms with Gasteiger partial charge in [-0.05, 0) is 37.1 Å². The molecule has 1 unspecified atom stereocenters. The Bertz CT molecular complexity index is 1100. The molecule has 1 aliphatic rings. The van der Waals surface area contributed by atoms with Gasteiger partial charge < -0.3 is 19.9 Å². The number of anilines is 1. The molecule has 31 heavy (non-hydrogen) atoms. The first kappa shape index (κ1) is 15.2. The lowest BCUT2D eigenvalue weighted by Gasteiger charge is -2.35. The lowest BCUT2D eigenvalue weighted by molar-refractivity contribution is -0.117. The average Bonchev–Trinajstić information content (AvgIpc) is 2.81. The van der Waals surface area contributed by atoms with Crippen LogP contribution in [0.1, 0.15) is 20.7 Å². The lowest BCUT2D eigenvalue weighted by atomic mass is 10.1. The van der Waals surface area contributed by atoms with Crippen molar-refractivity contribution in [3.8, 4) is 11.5 Å². The number of aliphatic hydroxyl groups excluding tert-OH is 1. The summed E-state index contributed by atoms with van der Waals surface area (Å²) in [6, 6.07) is 11.2. The van der Waals surface area contributed by atoms with E-state index in [2.05, 4.69) is 5.32 Å². The van der Waals surface area contributed by atoms with Gasteiger partial charge in [-0.3, -0.25) is 14.6 Å². The summed E-state index contributed by atoms with van der Waals surface area (Å²) in [6.07, 6.45) is -2.25. The summed E-state index contributed by atoms with van der Waals surface area (Å²) in [4.78, 5) is 15.8. The van der Waals surface area contributed by atoms with Crippen molar-refractivity contribution in [1.82, 2.24) is 9.80 Å².